The van der Waals surface area contributed by atoms with E-state index in [1.807, 2.05) is 76.1 Å². The molecular formula is C28H19FN6O. The lowest BCUT2D eigenvalue weighted by Crippen LogP contribution is -2.11. The van der Waals surface area contributed by atoms with E-state index in [9.17, 15) is 9.18 Å². The van der Waals surface area contributed by atoms with Gasteiger partial charge in [0.2, 0.25) is 0 Å². The zero-order valence-electron chi connectivity index (χ0n) is 18.9. The van der Waals surface area contributed by atoms with Gasteiger partial charge in [-0.1, -0.05) is 42.5 Å². The number of nitrogens with zero attached hydrogens (tertiary/aromatic N) is 5. The average molecular weight is 474 g/mol. The van der Waals surface area contributed by atoms with Crippen LogP contribution in [-0.2, 0) is 0 Å². The summed E-state index contributed by atoms with van der Waals surface area (Å²) in [5, 5.41) is 2.87. The van der Waals surface area contributed by atoms with E-state index in [0.717, 1.165) is 17.0 Å². The largest absolute Gasteiger partial charge is 0.322 e. The van der Waals surface area contributed by atoms with Crippen molar-refractivity contribution in [1.29, 1.82) is 0 Å². The van der Waals surface area contributed by atoms with Gasteiger partial charge >= 0.3 is 0 Å². The van der Waals surface area contributed by atoms with Gasteiger partial charge in [-0.15, -0.1) is 0 Å². The highest BCUT2D eigenvalue weighted by Gasteiger charge is 2.16. The molecule has 0 spiro atoms. The smallest absolute Gasteiger partial charge is 0.255 e. The Bertz CT molecular complexity index is 1690. The highest BCUT2D eigenvalue weighted by Crippen LogP contribution is 2.27. The third-order valence-corrected chi connectivity index (χ3v) is 5.78. The van der Waals surface area contributed by atoms with Crippen LogP contribution in [-0.4, -0.2) is 29.8 Å². The average Bonchev–Trinajstić information content (AvgIpc) is 3.59. The van der Waals surface area contributed by atoms with Crippen LogP contribution in [0.1, 0.15) is 10.4 Å². The molecule has 3 aromatic heterocycles. The Balaban J connectivity index is 1.39. The predicted octanol–water partition coefficient (Wildman–Crippen LogP) is 5.64. The van der Waals surface area contributed by atoms with Crippen LogP contribution in [0.2, 0.25) is 0 Å². The van der Waals surface area contributed by atoms with Crippen molar-refractivity contribution in [2.24, 2.45) is 0 Å². The van der Waals surface area contributed by atoms with Crippen LogP contribution >= 0.6 is 0 Å². The summed E-state index contributed by atoms with van der Waals surface area (Å²) in [6.45, 7) is 0. The van der Waals surface area contributed by atoms with Crippen LogP contribution in [0.4, 0.5) is 10.1 Å². The first-order valence-electron chi connectivity index (χ1n) is 11.3. The fraction of sp³-hybridized carbons (Fsp3) is 0. The number of carbonyl (C=O) groups is 1. The van der Waals surface area contributed by atoms with Crippen molar-refractivity contribution in [1.82, 2.24) is 23.9 Å². The van der Waals surface area contributed by atoms with Gasteiger partial charge in [0.15, 0.2) is 11.5 Å². The lowest BCUT2D eigenvalue weighted by Gasteiger charge is -2.12. The van der Waals surface area contributed by atoms with Gasteiger partial charge in [-0.3, -0.25) is 9.36 Å². The number of halogens is 1. The molecule has 0 aliphatic heterocycles. The van der Waals surface area contributed by atoms with E-state index >= 15 is 0 Å². The van der Waals surface area contributed by atoms with Crippen molar-refractivity contribution in [2.45, 2.75) is 0 Å². The first-order chi connectivity index (χ1) is 17.7. The first-order valence-corrected chi connectivity index (χ1v) is 11.3. The predicted molar refractivity (Wildman–Crippen MR) is 135 cm³/mol. The van der Waals surface area contributed by atoms with E-state index in [1.54, 1.807) is 18.5 Å². The Labute approximate surface area is 205 Å². The fourth-order valence-corrected chi connectivity index (χ4v) is 4.05. The number of imidazole rings is 2. The van der Waals surface area contributed by atoms with Crippen LogP contribution in [0.25, 0.3) is 34.1 Å². The highest BCUT2D eigenvalue weighted by molar-refractivity contribution is 6.04. The Hall–Kier alpha value is -5.11. The van der Waals surface area contributed by atoms with Crippen LogP contribution < -0.4 is 5.32 Å². The van der Waals surface area contributed by atoms with Crippen molar-refractivity contribution >= 4 is 17.2 Å². The number of anilines is 1. The summed E-state index contributed by atoms with van der Waals surface area (Å²) in [5.74, 6) is 0.676. The molecule has 0 fully saturated rings. The maximum atomic E-state index is 13.2. The molecule has 0 atom stereocenters. The number of rotatable bonds is 5. The number of amides is 1. The molecule has 3 heterocycles. The van der Waals surface area contributed by atoms with Gasteiger partial charge in [-0.2, -0.15) is 0 Å². The molecule has 0 saturated carbocycles. The molecule has 6 aromatic rings. The molecule has 36 heavy (non-hydrogen) atoms. The second-order valence-electron chi connectivity index (χ2n) is 8.14. The van der Waals surface area contributed by atoms with Gasteiger partial charge < -0.3 is 9.72 Å². The summed E-state index contributed by atoms with van der Waals surface area (Å²) >= 11 is 0. The summed E-state index contributed by atoms with van der Waals surface area (Å²) in [7, 11) is 0. The maximum Gasteiger partial charge on any atom is 0.255 e. The van der Waals surface area contributed by atoms with Crippen molar-refractivity contribution in [3.8, 4) is 28.5 Å². The summed E-state index contributed by atoms with van der Waals surface area (Å²) < 4.78 is 17.0. The van der Waals surface area contributed by atoms with Gasteiger partial charge in [0.25, 0.3) is 5.91 Å². The standard InChI is InChI=1S/C28H19FN6O/c29-22-11-9-20(10-12-22)28(36)32-23-8-4-7-21(17-23)24-18-34-15-13-31-26(34)27(33-24)35-16-14-30-25(35)19-5-2-1-3-6-19/h1-18H,(H,32,36). The summed E-state index contributed by atoms with van der Waals surface area (Å²) in [5.41, 5.74) is 4.13. The van der Waals surface area contributed by atoms with Gasteiger partial charge in [-0.25, -0.2) is 19.3 Å². The lowest BCUT2D eigenvalue weighted by molar-refractivity contribution is 0.102. The van der Waals surface area contributed by atoms with Crippen LogP contribution in [0.5, 0.6) is 0 Å². The molecule has 6 rings (SSSR count). The number of hydrogen-bond donors (Lipinski definition) is 1. The van der Waals surface area contributed by atoms with Crippen LogP contribution in [0.15, 0.2) is 110 Å². The Morgan fingerprint density at radius 2 is 1.61 bits per heavy atom. The van der Waals surface area contributed by atoms with Gasteiger partial charge in [-0.05, 0) is 36.4 Å². The van der Waals surface area contributed by atoms with Gasteiger partial charge in [0, 0.05) is 53.4 Å². The molecule has 0 aliphatic carbocycles. The number of hydrogen-bond acceptors (Lipinski definition) is 4. The highest BCUT2D eigenvalue weighted by atomic mass is 19.1. The summed E-state index contributed by atoms with van der Waals surface area (Å²) in [6.07, 6.45) is 9.09. The molecule has 1 amide bonds. The second-order valence-corrected chi connectivity index (χ2v) is 8.14. The number of fused-ring (bicyclic) bond motifs is 1. The molecule has 0 bridgehead atoms. The van der Waals surface area contributed by atoms with Crippen LogP contribution in [0, 0.1) is 5.82 Å². The topological polar surface area (TPSA) is 77.1 Å². The number of nitrogens with one attached hydrogen (secondary N) is 1. The third-order valence-electron chi connectivity index (χ3n) is 5.78. The second kappa shape index (κ2) is 8.92. The van der Waals surface area contributed by atoms with E-state index in [1.165, 1.54) is 24.3 Å². The molecule has 0 radical (unpaired) electrons. The van der Waals surface area contributed by atoms with E-state index in [4.69, 9.17) is 4.98 Å². The Morgan fingerprint density at radius 1 is 0.833 bits per heavy atom. The molecule has 1 N–H and O–H groups in total. The molecule has 0 saturated heterocycles. The van der Waals surface area contributed by atoms with E-state index in [0.29, 0.717) is 28.4 Å². The van der Waals surface area contributed by atoms with Crippen molar-refractivity contribution in [3.63, 3.8) is 0 Å². The Morgan fingerprint density at radius 3 is 2.44 bits per heavy atom. The molecule has 0 unspecified atom stereocenters. The Kier molecular flexibility index (Phi) is 5.31. The number of carbonyl (C=O) groups excluding carboxylic acids is 1. The minimum atomic E-state index is -0.390. The lowest BCUT2D eigenvalue weighted by atomic mass is 10.1. The molecule has 0 aliphatic rings. The molecule has 174 valence electrons. The zero-order chi connectivity index (χ0) is 24.5. The van der Waals surface area contributed by atoms with Crippen molar-refractivity contribution in [2.75, 3.05) is 5.32 Å². The van der Waals surface area contributed by atoms with E-state index in [-0.39, 0.29) is 5.91 Å². The first kappa shape index (κ1) is 21.4. The maximum absolute atomic E-state index is 13.2. The van der Waals surface area contributed by atoms with Crippen molar-refractivity contribution < 1.29 is 9.18 Å². The zero-order valence-corrected chi connectivity index (χ0v) is 18.9. The number of aromatic nitrogens is 5. The fourth-order valence-electron chi connectivity index (χ4n) is 4.05. The van der Waals surface area contributed by atoms with E-state index in [2.05, 4.69) is 15.3 Å². The summed E-state index contributed by atoms with van der Waals surface area (Å²) in [6, 6.07) is 22.7. The minimum Gasteiger partial charge on any atom is -0.322 e. The molecule has 7 nitrogen and oxygen atoms in total. The van der Waals surface area contributed by atoms with Crippen LogP contribution in [0.3, 0.4) is 0 Å². The number of benzene rings is 3. The molecule has 8 heteroatoms. The minimum absolute atomic E-state index is 0.322. The normalized spacial score (nSPS) is 11.0. The summed E-state index contributed by atoms with van der Waals surface area (Å²) in [4.78, 5) is 26.6. The quantitative estimate of drug-likeness (QED) is 0.351. The molecular weight excluding hydrogens is 455 g/mol. The van der Waals surface area contributed by atoms with Crippen molar-refractivity contribution in [3.05, 3.63) is 121 Å². The van der Waals surface area contributed by atoms with E-state index < -0.39 is 5.82 Å². The monoisotopic (exact) mass is 474 g/mol. The SMILES string of the molecule is O=C(Nc1cccc(-c2cn3ccnc3c(-n3ccnc3-c3ccccc3)n2)c1)c1ccc(F)cc1. The molecule has 3 aromatic carbocycles. The van der Waals surface area contributed by atoms with Gasteiger partial charge in [0.05, 0.1) is 5.69 Å². The van der Waals surface area contributed by atoms with Gasteiger partial charge in [0.1, 0.15) is 11.6 Å². The third kappa shape index (κ3) is 4.01.